The SMILES string of the molecule is CN(CC(=O)Nc1ccccc1[N+](=O)[O-])Cc1ccccc1F. The van der Waals surface area contributed by atoms with Gasteiger partial charge in [-0.15, -0.1) is 0 Å². The van der Waals surface area contributed by atoms with Gasteiger partial charge in [-0.1, -0.05) is 30.3 Å². The number of benzene rings is 2. The number of rotatable bonds is 6. The van der Waals surface area contributed by atoms with Gasteiger partial charge in [-0.2, -0.15) is 0 Å². The summed E-state index contributed by atoms with van der Waals surface area (Å²) in [7, 11) is 1.67. The number of nitrogens with zero attached hydrogens (tertiary/aromatic N) is 2. The molecule has 0 spiro atoms. The second-order valence-electron chi connectivity index (χ2n) is 5.09. The fourth-order valence-electron chi connectivity index (χ4n) is 2.15. The van der Waals surface area contributed by atoms with Crippen molar-refractivity contribution >= 4 is 17.3 Å². The molecule has 6 nitrogen and oxygen atoms in total. The Morgan fingerprint density at radius 3 is 2.57 bits per heavy atom. The van der Waals surface area contributed by atoms with Crippen molar-refractivity contribution in [2.45, 2.75) is 6.54 Å². The summed E-state index contributed by atoms with van der Waals surface area (Å²) >= 11 is 0. The van der Waals surface area contributed by atoms with Crippen LogP contribution >= 0.6 is 0 Å². The lowest BCUT2D eigenvalue weighted by molar-refractivity contribution is -0.383. The Morgan fingerprint density at radius 1 is 1.22 bits per heavy atom. The Kier molecular flexibility index (Phi) is 5.37. The average Bonchev–Trinajstić information content (AvgIpc) is 2.49. The van der Waals surface area contributed by atoms with Gasteiger partial charge in [0.25, 0.3) is 5.69 Å². The maximum Gasteiger partial charge on any atom is 0.292 e. The molecule has 0 unspecified atom stereocenters. The summed E-state index contributed by atoms with van der Waals surface area (Å²) in [5.74, 6) is -0.739. The van der Waals surface area contributed by atoms with E-state index in [4.69, 9.17) is 0 Å². The molecule has 2 rings (SSSR count). The third-order valence-corrected chi connectivity index (χ3v) is 3.19. The lowest BCUT2D eigenvalue weighted by atomic mass is 10.2. The van der Waals surface area contributed by atoms with Crippen LogP contribution in [0.5, 0.6) is 0 Å². The number of nitrogens with one attached hydrogen (secondary N) is 1. The van der Waals surface area contributed by atoms with Gasteiger partial charge in [0.1, 0.15) is 11.5 Å². The summed E-state index contributed by atoms with van der Waals surface area (Å²) in [6.45, 7) is 0.247. The quantitative estimate of drug-likeness (QED) is 0.656. The standard InChI is InChI=1S/C16H16FN3O3/c1-19(10-12-6-2-3-7-13(12)17)11-16(21)18-14-8-4-5-9-15(14)20(22)23/h2-9H,10-11H2,1H3,(H,18,21). The highest BCUT2D eigenvalue weighted by Crippen LogP contribution is 2.23. The van der Waals surface area contributed by atoms with E-state index in [2.05, 4.69) is 5.32 Å². The number of amides is 1. The highest BCUT2D eigenvalue weighted by Gasteiger charge is 2.16. The summed E-state index contributed by atoms with van der Waals surface area (Å²) < 4.78 is 13.6. The molecule has 0 saturated heterocycles. The van der Waals surface area contributed by atoms with Gasteiger partial charge in [-0.05, 0) is 19.2 Å². The van der Waals surface area contributed by atoms with Crippen LogP contribution in [0.25, 0.3) is 0 Å². The smallest absolute Gasteiger partial charge is 0.292 e. The Balaban J connectivity index is 1.97. The molecule has 23 heavy (non-hydrogen) atoms. The number of carbonyl (C=O) groups excluding carboxylic acids is 1. The van der Waals surface area contributed by atoms with Crippen molar-refractivity contribution in [2.24, 2.45) is 0 Å². The summed E-state index contributed by atoms with van der Waals surface area (Å²) in [6.07, 6.45) is 0. The minimum atomic E-state index is -0.557. The Bertz CT molecular complexity index is 721. The zero-order valence-electron chi connectivity index (χ0n) is 12.5. The van der Waals surface area contributed by atoms with Gasteiger partial charge in [0, 0.05) is 18.2 Å². The second-order valence-corrected chi connectivity index (χ2v) is 5.09. The molecular formula is C16H16FN3O3. The molecule has 120 valence electrons. The molecule has 0 bridgehead atoms. The third-order valence-electron chi connectivity index (χ3n) is 3.19. The number of nitro groups is 1. The summed E-state index contributed by atoms with van der Waals surface area (Å²) in [4.78, 5) is 24.0. The molecule has 7 heteroatoms. The van der Waals surface area contributed by atoms with E-state index < -0.39 is 10.8 Å². The van der Waals surface area contributed by atoms with Crippen molar-refractivity contribution in [1.29, 1.82) is 0 Å². The molecule has 0 aliphatic rings. The van der Waals surface area contributed by atoms with Gasteiger partial charge in [0.2, 0.25) is 5.91 Å². The molecule has 0 fully saturated rings. The van der Waals surface area contributed by atoms with Crippen LogP contribution in [-0.2, 0) is 11.3 Å². The molecule has 0 aliphatic heterocycles. The second kappa shape index (κ2) is 7.46. The van der Waals surface area contributed by atoms with Crippen LogP contribution in [0.1, 0.15) is 5.56 Å². The van der Waals surface area contributed by atoms with Crippen molar-refractivity contribution in [1.82, 2.24) is 4.90 Å². The molecule has 0 heterocycles. The molecule has 2 aromatic rings. The maximum absolute atomic E-state index is 13.6. The van der Waals surface area contributed by atoms with Crippen LogP contribution in [-0.4, -0.2) is 29.3 Å². The molecule has 0 aliphatic carbocycles. The van der Waals surface area contributed by atoms with Crippen LogP contribution in [0.15, 0.2) is 48.5 Å². The monoisotopic (exact) mass is 317 g/mol. The predicted octanol–water partition coefficient (Wildman–Crippen LogP) is 2.80. The molecular weight excluding hydrogens is 301 g/mol. The van der Waals surface area contributed by atoms with E-state index in [-0.39, 0.29) is 30.3 Å². The Labute approximate surface area is 132 Å². The number of hydrogen-bond acceptors (Lipinski definition) is 4. The van der Waals surface area contributed by atoms with Crippen molar-refractivity contribution < 1.29 is 14.1 Å². The third kappa shape index (κ3) is 4.58. The first-order chi connectivity index (χ1) is 11.0. The Hall–Kier alpha value is -2.80. The van der Waals surface area contributed by atoms with Crippen LogP contribution in [0.2, 0.25) is 0 Å². The van der Waals surface area contributed by atoms with E-state index in [1.165, 1.54) is 24.3 Å². The first-order valence-corrected chi connectivity index (χ1v) is 6.92. The summed E-state index contributed by atoms with van der Waals surface area (Å²) in [5.41, 5.74) is 0.452. The van der Waals surface area contributed by atoms with E-state index in [9.17, 15) is 19.3 Å². The van der Waals surface area contributed by atoms with Crippen molar-refractivity contribution in [3.05, 3.63) is 70.0 Å². The number of nitro benzene ring substituents is 1. The maximum atomic E-state index is 13.6. The lowest BCUT2D eigenvalue weighted by Crippen LogP contribution is -2.30. The molecule has 0 aromatic heterocycles. The molecule has 2 aromatic carbocycles. The van der Waals surface area contributed by atoms with Gasteiger partial charge in [-0.25, -0.2) is 4.39 Å². The number of anilines is 1. The average molecular weight is 317 g/mol. The largest absolute Gasteiger partial charge is 0.319 e. The fourth-order valence-corrected chi connectivity index (χ4v) is 2.15. The van der Waals surface area contributed by atoms with Gasteiger partial charge in [-0.3, -0.25) is 19.8 Å². The van der Waals surface area contributed by atoms with Crippen molar-refractivity contribution in [3.63, 3.8) is 0 Å². The van der Waals surface area contributed by atoms with E-state index in [1.54, 1.807) is 36.2 Å². The van der Waals surface area contributed by atoms with E-state index in [1.807, 2.05) is 0 Å². The highest BCUT2D eigenvalue weighted by atomic mass is 19.1. The van der Waals surface area contributed by atoms with Gasteiger partial charge in [0.15, 0.2) is 0 Å². The number of hydrogen-bond donors (Lipinski definition) is 1. The summed E-state index contributed by atoms with van der Waals surface area (Å²) in [6, 6.07) is 12.2. The van der Waals surface area contributed by atoms with Crippen LogP contribution < -0.4 is 5.32 Å². The number of carbonyl (C=O) groups is 1. The molecule has 0 radical (unpaired) electrons. The molecule has 0 atom stereocenters. The minimum absolute atomic E-state index is 0.0135. The van der Waals surface area contributed by atoms with E-state index >= 15 is 0 Å². The first kappa shape index (κ1) is 16.6. The van der Waals surface area contributed by atoms with Crippen LogP contribution in [0, 0.1) is 15.9 Å². The number of halogens is 1. The minimum Gasteiger partial charge on any atom is -0.319 e. The molecule has 1 amide bonds. The first-order valence-electron chi connectivity index (χ1n) is 6.92. The fraction of sp³-hybridized carbons (Fsp3) is 0.188. The topological polar surface area (TPSA) is 75.5 Å². The van der Waals surface area contributed by atoms with Gasteiger partial charge in [0.05, 0.1) is 11.5 Å². The zero-order chi connectivity index (χ0) is 16.8. The van der Waals surface area contributed by atoms with Crippen molar-refractivity contribution in [2.75, 3.05) is 18.9 Å². The van der Waals surface area contributed by atoms with Crippen LogP contribution in [0.3, 0.4) is 0 Å². The normalized spacial score (nSPS) is 10.6. The van der Waals surface area contributed by atoms with Gasteiger partial charge < -0.3 is 5.32 Å². The molecule has 0 saturated carbocycles. The zero-order valence-corrected chi connectivity index (χ0v) is 12.5. The number of para-hydroxylation sites is 2. The molecule has 1 N–H and O–H groups in total. The highest BCUT2D eigenvalue weighted by molar-refractivity contribution is 5.94. The van der Waals surface area contributed by atoms with Crippen LogP contribution in [0.4, 0.5) is 15.8 Å². The van der Waals surface area contributed by atoms with Crippen molar-refractivity contribution in [3.8, 4) is 0 Å². The Morgan fingerprint density at radius 2 is 1.87 bits per heavy atom. The number of likely N-dealkylation sites (N-methyl/N-ethyl adjacent to an activating group) is 1. The lowest BCUT2D eigenvalue weighted by Gasteiger charge is -2.16. The van der Waals surface area contributed by atoms with E-state index in [0.29, 0.717) is 5.56 Å². The predicted molar refractivity (Wildman–Crippen MR) is 84.5 cm³/mol. The van der Waals surface area contributed by atoms with Gasteiger partial charge >= 0.3 is 0 Å². The summed E-state index contributed by atoms with van der Waals surface area (Å²) in [5, 5.41) is 13.4. The van der Waals surface area contributed by atoms with E-state index in [0.717, 1.165) is 0 Å².